The second-order valence-electron chi connectivity index (χ2n) is 3.64. The molecule has 0 aliphatic carbocycles. The predicted octanol–water partition coefficient (Wildman–Crippen LogP) is 2.05. The van der Waals surface area contributed by atoms with E-state index in [0.717, 1.165) is 22.7 Å². The second-order valence-corrected chi connectivity index (χ2v) is 3.64. The molecule has 5 heteroatoms. The summed E-state index contributed by atoms with van der Waals surface area (Å²) in [6, 6.07) is 9.23. The van der Waals surface area contributed by atoms with Crippen LogP contribution in [0.3, 0.4) is 0 Å². The number of benzene rings is 1. The average Bonchev–Trinajstić information content (AvgIpc) is 2.46. The minimum Gasteiger partial charge on any atom is -0.497 e. The zero-order chi connectivity index (χ0) is 13.0. The average molecular weight is 245 g/mol. The number of hydrogen-bond acceptors (Lipinski definition) is 5. The molecule has 0 radical (unpaired) electrons. The molecule has 3 N–H and O–H groups in total. The van der Waals surface area contributed by atoms with Gasteiger partial charge in [-0.1, -0.05) is 0 Å². The van der Waals surface area contributed by atoms with E-state index in [1.165, 1.54) is 0 Å². The van der Waals surface area contributed by atoms with E-state index in [0.29, 0.717) is 5.75 Å². The summed E-state index contributed by atoms with van der Waals surface area (Å²) in [7, 11) is 3.23. The maximum absolute atomic E-state index is 5.38. The molecule has 5 nitrogen and oxygen atoms in total. The van der Waals surface area contributed by atoms with Crippen LogP contribution in [-0.4, -0.2) is 19.2 Å². The van der Waals surface area contributed by atoms with E-state index in [-0.39, 0.29) is 0 Å². The normalized spacial score (nSPS) is 9.94. The summed E-state index contributed by atoms with van der Waals surface area (Å²) >= 11 is 0. The number of aromatic nitrogens is 1. The van der Waals surface area contributed by atoms with Crippen molar-refractivity contribution in [3.05, 3.63) is 36.5 Å². The van der Waals surface area contributed by atoms with Crippen molar-refractivity contribution < 1.29 is 9.47 Å². The predicted molar refractivity (Wildman–Crippen MR) is 70.6 cm³/mol. The van der Waals surface area contributed by atoms with Crippen molar-refractivity contribution in [1.82, 2.24) is 4.98 Å². The zero-order valence-electron chi connectivity index (χ0n) is 10.3. The number of nitrogens with two attached hydrogens (primary N) is 1. The van der Waals surface area contributed by atoms with Crippen molar-refractivity contribution in [2.45, 2.75) is 0 Å². The Morgan fingerprint density at radius 3 is 2.61 bits per heavy atom. The number of nitrogens with zero attached hydrogens (tertiary/aromatic N) is 1. The van der Waals surface area contributed by atoms with Crippen molar-refractivity contribution in [2.24, 2.45) is 5.84 Å². The first-order chi connectivity index (χ1) is 8.78. The second kappa shape index (κ2) is 5.37. The van der Waals surface area contributed by atoms with Gasteiger partial charge in [0.05, 0.1) is 25.6 Å². The number of ether oxygens (including phenoxy) is 2. The maximum Gasteiger partial charge on any atom is 0.131 e. The number of rotatable bonds is 4. The molecule has 0 saturated carbocycles. The molecule has 0 aliphatic heterocycles. The SMILES string of the molecule is COc1ccc(-c2cc(NN)ccn2)c(OC)c1. The van der Waals surface area contributed by atoms with Gasteiger partial charge in [-0.05, 0) is 24.3 Å². The summed E-state index contributed by atoms with van der Waals surface area (Å²) in [5.41, 5.74) is 5.05. The molecule has 0 bridgehead atoms. The minimum absolute atomic E-state index is 0.705. The molecular weight excluding hydrogens is 230 g/mol. The highest BCUT2D eigenvalue weighted by atomic mass is 16.5. The number of nitrogen functional groups attached to an aromatic ring is 1. The lowest BCUT2D eigenvalue weighted by atomic mass is 10.1. The van der Waals surface area contributed by atoms with Crippen LogP contribution in [0, 0.1) is 0 Å². The molecule has 0 fully saturated rings. The minimum atomic E-state index is 0.705. The smallest absolute Gasteiger partial charge is 0.131 e. The van der Waals surface area contributed by atoms with Crippen molar-refractivity contribution in [2.75, 3.05) is 19.6 Å². The number of pyridine rings is 1. The van der Waals surface area contributed by atoms with Crippen LogP contribution in [0.25, 0.3) is 11.3 Å². The van der Waals surface area contributed by atoms with Crippen LogP contribution < -0.4 is 20.7 Å². The summed E-state index contributed by atoms with van der Waals surface area (Å²) in [6.07, 6.45) is 1.69. The van der Waals surface area contributed by atoms with Gasteiger partial charge in [0.2, 0.25) is 0 Å². The standard InChI is InChI=1S/C13H15N3O2/c1-17-10-3-4-11(13(8-10)18-2)12-7-9(16-14)5-6-15-12/h3-8H,14H2,1-2H3,(H,15,16). The third-order valence-electron chi connectivity index (χ3n) is 2.61. The molecule has 0 aliphatic rings. The highest BCUT2D eigenvalue weighted by molar-refractivity contribution is 5.71. The fraction of sp³-hybridized carbons (Fsp3) is 0.154. The summed E-state index contributed by atoms with van der Waals surface area (Å²) in [5.74, 6) is 6.83. The van der Waals surface area contributed by atoms with Crippen molar-refractivity contribution >= 4 is 5.69 Å². The van der Waals surface area contributed by atoms with Crippen LogP contribution in [-0.2, 0) is 0 Å². The van der Waals surface area contributed by atoms with Gasteiger partial charge >= 0.3 is 0 Å². The first kappa shape index (κ1) is 12.2. The van der Waals surface area contributed by atoms with Gasteiger partial charge in [-0.25, -0.2) is 0 Å². The van der Waals surface area contributed by atoms with Crippen LogP contribution >= 0.6 is 0 Å². The molecule has 0 unspecified atom stereocenters. The van der Waals surface area contributed by atoms with Gasteiger partial charge in [-0.15, -0.1) is 0 Å². The molecule has 0 amide bonds. The van der Waals surface area contributed by atoms with Gasteiger partial charge in [0.1, 0.15) is 11.5 Å². The Morgan fingerprint density at radius 1 is 1.11 bits per heavy atom. The van der Waals surface area contributed by atoms with E-state index in [2.05, 4.69) is 10.4 Å². The fourth-order valence-electron chi connectivity index (χ4n) is 1.68. The molecule has 0 atom stereocenters. The van der Waals surface area contributed by atoms with Gasteiger partial charge in [0.15, 0.2) is 0 Å². The molecule has 94 valence electrons. The van der Waals surface area contributed by atoms with Crippen LogP contribution in [0.2, 0.25) is 0 Å². The van der Waals surface area contributed by atoms with E-state index in [4.69, 9.17) is 15.3 Å². The molecule has 0 saturated heterocycles. The van der Waals surface area contributed by atoms with Crippen LogP contribution in [0.15, 0.2) is 36.5 Å². The molecular formula is C13H15N3O2. The Kier molecular flexibility index (Phi) is 3.64. The first-order valence-corrected chi connectivity index (χ1v) is 5.43. The Hall–Kier alpha value is -2.27. The molecule has 1 aromatic carbocycles. The van der Waals surface area contributed by atoms with Crippen molar-refractivity contribution in [3.8, 4) is 22.8 Å². The van der Waals surface area contributed by atoms with Crippen LogP contribution in [0.1, 0.15) is 0 Å². The number of nitrogens with one attached hydrogen (secondary N) is 1. The zero-order valence-corrected chi connectivity index (χ0v) is 10.3. The number of methoxy groups -OCH3 is 2. The third-order valence-corrected chi connectivity index (χ3v) is 2.61. The van der Waals surface area contributed by atoms with Crippen molar-refractivity contribution in [1.29, 1.82) is 0 Å². The van der Waals surface area contributed by atoms with Gasteiger partial charge < -0.3 is 14.9 Å². The summed E-state index contributed by atoms with van der Waals surface area (Å²) in [4.78, 5) is 4.31. The van der Waals surface area contributed by atoms with E-state index < -0.39 is 0 Å². The van der Waals surface area contributed by atoms with E-state index in [9.17, 15) is 0 Å². The summed E-state index contributed by atoms with van der Waals surface area (Å²) < 4.78 is 10.5. The number of hydrazine groups is 1. The monoisotopic (exact) mass is 245 g/mol. The Bertz CT molecular complexity index is 544. The lowest BCUT2D eigenvalue weighted by Crippen LogP contribution is -2.06. The molecule has 1 heterocycles. The van der Waals surface area contributed by atoms with Gasteiger partial charge in [0, 0.05) is 17.8 Å². The number of hydrogen-bond donors (Lipinski definition) is 2. The van der Waals surface area contributed by atoms with Gasteiger partial charge in [-0.3, -0.25) is 10.8 Å². The lowest BCUT2D eigenvalue weighted by Gasteiger charge is -2.10. The largest absolute Gasteiger partial charge is 0.497 e. The van der Waals surface area contributed by atoms with Crippen LogP contribution in [0.4, 0.5) is 5.69 Å². The molecule has 2 rings (SSSR count). The summed E-state index contributed by atoms with van der Waals surface area (Å²) in [5, 5.41) is 0. The fourth-order valence-corrected chi connectivity index (χ4v) is 1.68. The van der Waals surface area contributed by atoms with Gasteiger partial charge in [-0.2, -0.15) is 0 Å². The Morgan fingerprint density at radius 2 is 1.94 bits per heavy atom. The lowest BCUT2D eigenvalue weighted by molar-refractivity contribution is 0.395. The molecule has 2 aromatic rings. The molecule has 0 spiro atoms. The highest BCUT2D eigenvalue weighted by Crippen LogP contribution is 2.32. The van der Waals surface area contributed by atoms with Gasteiger partial charge in [0.25, 0.3) is 0 Å². The number of anilines is 1. The highest BCUT2D eigenvalue weighted by Gasteiger charge is 2.09. The van der Waals surface area contributed by atoms with E-state index >= 15 is 0 Å². The van der Waals surface area contributed by atoms with Crippen LogP contribution in [0.5, 0.6) is 11.5 Å². The molecule has 18 heavy (non-hydrogen) atoms. The van der Waals surface area contributed by atoms with Crippen molar-refractivity contribution in [3.63, 3.8) is 0 Å². The first-order valence-electron chi connectivity index (χ1n) is 5.43. The Balaban J connectivity index is 2.48. The van der Waals surface area contributed by atoms with E-state index in [1.807, 2.05) is 24.3 Å². The third kappa shape index (κ3) is 2.36. The maximum atomic E-state index is 5.38. The topological polar surface area (TPSA) is 69.4 Å². The van der Waals surface area contributed by atoms with E-state index in [1.54, 1.807) is 26.5 Å². The Labute approximate surface area is 106 Å². The molecule has 1 aromatic heterocycles. The quantitative estimate of drug-likeness (QED) is 0.637. The summed E-state index contributed by atoms with van der Waals surface area (Å²) in [6.45, 7) is 0.